The van der Waals surface area contributed by atoms with Crippen LogP contribution < -0.4 is 0 Å². The largest absolute Gasteiger partial charge is 0.481 e. The van der Waals surface area contributed by atoms with Gasteiger partial charge >= 0.3 is 11.9 Å². The molecule has 1 fully saturated rings. The first-order valence-corrected chi connectivity index (χ1v) is 16.1. The van der Waals surface area contributed by atoms with Crippen LogP contribution in [0.5, 0.6) is 0 Å². The van der Waals surface area contributed by atoms with Crippen LogP contribution in [0.1, 0.15) is 25.7 Å². The van der Waals surface area contributed by atoms with Crippen molar-refractivity contribution in [2.75, 3.05) is 145 Å². The fourth-order valence-electron chi connectivity index (χ4n) is 3.42. The van der Waals surface area contributed by atoms with E-state index in [1.165, 1.54) is 0 Å². The number of imide groups is 1. The van der Waals surface area contributed by atoms with Crippen LogP contribution in [0.25, 0.3) is 0 Å². The molecular weight excluding hydrogens is 646 g/mol. The fraction of sp³-hybridized carbons (Fsp3) is 0.867. The number of ether oxygens (including phenoxy) is 11. The maximum atomic E-state index is 11.6. The number of carbonyl (C=O) groups excluding carboxylic acids is 3. The van der Waals surface area contributed by atoms with Crippen molar-refractivity contribution < 1.29 is 81.2 Å². The van der Waals surface area contributed by atoms with E-state index in [0.29, 0.717) is 131 Å². The second-order valence-electron chi connectivity index (χ2n) is 9.67. The first-order chi connectivity index (χ1) is 23.5. The lowest BCUT2D eigenvalue weighted by Gasteiger charge is -2.12. The first kappa shape index (κ1) is 43.7. The maximum absolute atomic E-state index is 11.6. The van der Waals surface area contributed by atoms with Crippen molar-refractivity contribution in [3.05, 3.63) is 0 Å². The molecule has 1 aliphatic heterocycles. The van der Waals surface area contributed by atoms with Gasteiger partial charge in [0.15, 0.2) is 0 Å². The van der Waals surface area contributed by atoms with E-state index in [1.54, 1.807) is 0 Å². The molecule has 48 heavy (non-hydrogen) atoms. The lowest BCUT2D eigenvalue weighted by Crippen LogP contribution is -2.32. The number of aliphatic carboxylic acids is 1. The van der Waals surface area contributed by atoms with Crippen LogP contribution in [0.4, 0.5) is 0 Å². The molecule has 2 amide bonds. The van der Waals surface area contributed by atoms with E-state index in [9.17, 15) is 19.2 Å². The second-order valence-corrected chi connectivity index (χ2v) is 9.67. The standard InChI is InChI=1S/C30H53NO17/c32-27-1-2-28(33)31(27)48-30(36)4-6-38-8-10-40-12-14-42-16-18-44-20-22-46-24-26-47-25-23-45-21-19-43-17-15-41-13-11-39-9-7-37-5-3-29(34)35/h1-26H2,(H,34,35). The highest BCUT2D eigenvalue weighted by Gasteiger charge is 2.32. The summed E-state index contributed by atoms with van der Waals surface area (Å²) < 4.78 is 59.0. The van der Waals surface area contributed by atoms with Crippen LogP contribution in [-0.4, -0.2) is 179 Å². The van der Waals surface area contributed by atoms with E-state index in [4.69, 9.17) is 62.0 Å². The SMILES string of the molecule is O=C(O)CCOCCOCCOCCOCCOCCOCCOCCOCCOCCOCCOCCC(=O)ON1C(=O)CCC1=O. The Kier molecular flexibility index (Phi) is 30.2. The topological polar surface area (TPSA) is 203 Å². The summed E-state index contributed by atoms with van der Waals surface area (Å²) in [4.78, 5) is 49.5. The van der Waals surface area contributed by atoms with Gasteiger partial charge in [0, 0.05) is 12.8 Å². The summed E-state index contributed by atoms with van der Waals surface area (Å²) in [5.41, 5.74) is 0. The highest BCUT2D eigenvalue weighted by Crippen LogP contribution is 2.12. The number of carboxylic acids is 1. The Hall–Kier alpha value is -2.36. The van der Waals surface area contributed by atoms with Crippen molar-refractivity contribution in [3.8, 4) is 0 Å². The summed E-state index contributed by atoms with van der Waals surface area (Å²) >= 11 is 0. The molecule has 1 aliphatic rings. The van der Waals surface area contributed by atoms with E-state index in [0.717, 1.165) is 0 Å². The monoisotopic (exact) mass is 699 g/mol. The van der Waals surface area contributed by atoms with E-state index < -0.39 is 23.8 Å². The van der Waals surface area contributed by atoms with Gasteiger partial charge in [0.1, 0.15) is 0 Å². The van der Waals surface area contributed by atoms with Crippen LogP contribution in [0.2, 0.25) is 0 Å². The Balaban J connectivity index is 1.65. The van der Waals surface area contributed by atoms with Gasteiger partial charge in [0.05, 0.1) is 158 Å². The number of hydrogen-bond acceptors (Lipinski definition) is 16. The molecule has 0 unspecified atom stereocenters. The summed E-state index contributed by atoms with van der Waals surface area (Å²) in [7, 11) is 0. The lowest BCUT2D eigenvalue weighted by molar-refractivity contribution is -0.198. The van der Waals surface area contributed by atoms with Gasteiger partial charge in [-0.1, -0.05) is 0 Å². The molecule has 0 aromatic rings. The molecule has 0 aliphatic carbocycles. The van der Waals surface area contributed by atoms with E-state index in [-0.39, 0.29) is 45.5 Å². The normalized spacial score (nSPS) is 13.1. The molecule has 280 valence electrons. The van der Waals surface area contributed by atoms with Gasteiger partial charge in [-0.2, -0.15) is 0 Å². The molecule has 0 spiro atoms. The first-order valence-electron chi connectivity index (χ1n) is 16.1. The summed E-state index contributed by atoms with van der Waals surface area (Å²) in [6, 6.07) is 0. The predicted molar refractivity (Wildman–Crippen MR) is 163 cm³/mol. The Morgan fingerprint density at radius 1 is 0.417 bits per heavy atom. The van der Waals surface area contributed by atoms with Crippen molar-refractivity contribution >= 4 is 23.8 Å². The summed E-state index contributed by atoms with van der Waals surface area (Å²) in [6.45, 7) is 8.76. The molecule has 0 aromatic heterocycles. The van der Waals surface area contributed by atoms with Gasteiger partial charge < -0.3 is 62.0 Å². The molecule has 1 N–H and O–H groups in total. The van der Waals surface area contributed by atoms with Crippen LogP contribution in [0.15, 0.2) is 0 Å². The molecule has 1 saturated heterocycles. The van der Waals surface area contributed by atoms with Crippen molar-refractivity contribution in [1.82, 2.24) is 5.06 Å². The third-order valence-corrected chi connectivity index (χ3v) is 5.83. The fourth-order valence-corrected chi connectivity index (χ4v) is 3.42. The quantitative estimate of drug-likeness (QED) is 0.0650. The highest BCUT2D eigenvalue weighted by molar-refractivity contribution is 6.01. The minimum Gasteiger partial charge on any atom is -0.481 e. The number of hydroxylamine groups is 2. The van der Waals surface area contributed by atoms with Crippen LogP contribution in [0.3, 0.4) is 0 Å². The molecule has 0 saturated carbocycles. The summed E-state index contributed by atoms with van der Waals surface area (Å²) in [5.74, 6) is -2.62. The van der Waals surface area contributed by atoms with Gasteiger partial charge in [-0.15, -0.1) is 5.06 Å². The molecule has 1 rings (SSSR count). The van der Waals surface area contributed by atoms with Gasteiger partial charge in [-0.25, -0.2) is 4.79 Å². The van der Waals surface area contributed by atoms with Gasteiger partial charge in [-0.05, 0) is 0 Å². The van der Waals surface area contributed by atoms with E-state index in [2.05, 4.69) is 0 Å². The average molecular weight is 700 g/mol. The molecule has 18 nitrogen and oxygen atoms in total. The molecule has 0 bridgehead atoms. The average Bonchev–Trinajstić information content (AvgIpc) is 3.38. The molecule has 0 aromatic carbocycles. The van der Waals surface area contributed by atoms with Crippen LogP contribution >= 0.6 is 0 Å². The zero-order valence-corrected chi connectivity index (χ0v) is 27.8. The molecular formula is C30H53NO17. The number of rotatable bonds is 37. The summed E-state index contributed by atoms with van der Waals surface area (Å²) in [6.07, 6.45) is 0.0195. The molecule has 0 radical (unpaired) electrons. The van der Waals surface area contributed by atoms with Crippen LogP contribution in [0, 0.1) is 0 Å². The zero-order chi connectivity index (χ0) is 34.8. The minimum absolute atomic E-state index is 0.0121. The smallest absolute Gasteiger partial charge is 0.335 e. The zero-order valence-electron chi connectivity index (χ0n) is 27.8. The van der Waals surface area contributed by atoms with Gasteiger partial charge in [0.25, 0.3) is 11.8 Å². The summed E-state index contributed by atoms with van der Waals surface area (Å²) in [5, 5.41) is 9.00. The number of nitrogens with zero attached hydrogens (tertiary/aromatic N) is 1. The molecule has 0 atom stereocenters. The number of hydrogen-bond donors (Lipinski definition) is 1. The Morgan fingerprint density at radius 2 is 0.646 bits per heavy atom. The van der Waals surface area contributed by atoms with E-state index in [1.807, 2.05) is 0 Å². The lowest BCUT2D eigenvalue weighted by atomic mass is 10.4. The van der Waals surface area contributed by atoms with Crippen molar-refractivity contribution in [2.24, 2.45) is 0 Å². The van der Waals surface area contributed by atoms with E-state index >= 15 is 0 Å². The third kappa shape index (κ3) is 28.6. The van der Waals surface area contributed by atoms with Crippen molar-refractivity contribution in [1.29, 1.82) is 0 Å². The Bertz CT molecular complexity index is 802. The minimum atomic E-state index is -0.883. The third-order valence-electron chi connectivity index (χ3n) is 5.83. The van der Waals surface area contributed by atoms with Gasteiger partial charge in [-0.3, -0.25) is 14.4 Å². The number of carbonyl (C=O) groups is 4. The number of carboxylic acid groups (broad SMARTS) is 1. The second kappa shape index (κ2) is 33.2. The number of amides is 2. The van der Waals surface area contributed by atoms with Crippen LogP contribution in [-0.2, 0) is 76.1 Å². The van der Waals surface area contributed by atoms with Gasteiger partial charge in [0.2, 0.25) is 0 Å². The predicted octanol–water partition coefficient (Wildman–Crippen LogP) is -0.359. The highest BCUT2D eigenvalue weighted by atomic mass is 16.7. The van der Waals surface area contributed by atoms with Crippen molar-refractivity contribution in [2.45, 2.75) is 25.7 Å². The molecule has 1 heterocycles. The Morgan fingerprint density at radius 3 is 0.896 bits per heavy atom. The Labute approximate surface area is 281 Å². The van der Waals surface area contributed by atoms with Crippen molar-refractivity contribution in [3.63, 3.8) is 0 Å². The maximum Gasteiger partial charge on any atom is 0.335 e. The molecule has 18 heteroatoms.